The van der Waals surface area contributed by atoms with Crippen LogP contribution in [0, 0.1) is 0 Å². The lowest BCUT2D eigenvalue weighted by molar-refractivity contribution is 0.601. The molecule has 9 rings (SSSR count). The first-order chi connectivity index (χ1) is 22.5. The van der Waals surface area contributed by atoms with Gasteiger partial charge in [-0.25, -0.2) is 0 Å². The molecule has 0 fully saturated rings. The van der Waals surface area contributed by atoms with Gasteiger partial charge in [0.1, 0.15) is 0 Å². The topological polar surface area (TPSA) is 0 Å². The van der Waals surface area contributed by atoms with Crippen molar-refractivity contribution in [3.63, 3.8) is 0 Å². The fraction of sp³-hybridized carbons (Fsp3) is 0.0870. The summed E-state index contributed by atoms with van der Waals surface area (Å²) in [5, 5.41) is 13.2. The van der Waals surface area contributed by atoms with Gasteiger partial charge in [0.2, 0.25) is 0 Å². The summed E-state index contributed by atoms with van der Waals surface area (Å²) in [6, 6.07) is 56.4. The highest BCUT2D eigenvalue weighted by molar-refractivity contribution is 6.28. The number of benzene rings is 9. The van der Waals surface area contributed by atoms with Gasteiger partial charge in [0, 0.05) is 0 Å². The summed E-state index contributed by atoms with van der Waals surface area (Å²) in [5.41, 5.74) is 8.94. The van der Waals surface area contributed by atoms with Crippen LogP contribution in [-0.2, 0) is 5.41 Å². The Hall–Kier alpha value is -5.46. The lowest BCUT2D eigenvalue weighted by Gasteiger charge is -2.27. The van der Waals surface area contributed by atoms with E-state index in [1.165, 1.54) is 92.8 Å². The first-order valence-electron chi connectivity index (χ1n) is 16.3. The van der Waals surface area contributed by atoms with E-state index in [1.807, 2.05) is 0 Å². The van der Waals surface area contributed by atoms with Crippen LogP contribution >= 0.6 is 0 Å². The summed E-state index contributed by atoms with van der Waals surface area (Å²) in [5.74, 6) is 0. The van der Waals surface area contributed by atoms with Crippen molar-refractivity contribution in [3.05, 3.63) is 157 Å². The van der Waals surface area contributed by atoms with Crippen molar-refractivity contribution in [1.29, 1.82) is 0 Å². The van der Waals surface area contributed by atoms with Gasteiger partial charge in [-0.3, -0.25) is 0 Å². The van der Waals surface area contributed by atoms with Crippen molar-refractivity contribution in [3.8, 4) is 33.4 Å². The van der Waals surface area contributed by atoms with Crippen LogP contribution in [0.1, 0.15) is 26.3 Å². The molecule has 9 aromatic carbocycles. The van der Waals surface area contributed by atoms with E-state index in [0.717, 1.165) is 0 Å². The summed E-state index contributed by atoms with van der Waals surface area (Å²) in [6.07, 6.45) is 0. The molecule has 0 amide bonds. The van der Waals surface area contributed by atoms with E-state index in [1.54, 1.807) is 0 Å². The zero-order chi connectivity index (χ0) is 31.0. The SMILES string of the molecule is CC(C)(C)c1c2ccccc2c(-c2ccc3ccc4cccc5ccc2c3c45)c2ccc(-c3ccc(-c4ccccc4)cc3)cc12. The third-order valence-corrected chi connectivity index (χ3v) is 9.90. The fourth-order valence-corrected chi connectivity index (χ4v) is 7.90. The van der Waals surface area contributed by atoms with Crippen molar-refractivity contribution < 1.29 is 0 Å². The quantitative estimate of drug-likeness (QED) is 0.143. The average molecular weight is 587 g/mol. The maximum absolute atomic E-state index is 2.44. The molecule has 46 heavy (non-hydrogen) atoms. The van der Waals surface area contributed by atoms with Crippen LogP contribution in [0.25, 0.3) is 87.2 Å². The fourth-order valence-electron chi connectivity index (χ4n) is 7.90. The van der Waals surface area contributed by atoms with Crippen LogP contribution in [0.2, 0.25) is 0 Å². The van der Waals surface area contributed by atoms with Crippen molar-refractivity contribution in [2.75, 3.05) is 0 Å². The zero-order valence-corrected chi connectivity index (χ0v) is 26.4. The van der Waals surface area contributed by atoms with Gasteiger partial charge in [0.05, 0.1) is 0 Å². The minimum Gasteiger partial charge on any atom is -0.0622 e. The Morgan fingerprint density at radius 2 is 0.870 bits per heavy atom. The summed E-state index contributed by atoms with van der Waals surface area (Å²) in [4.78, 5) is 0. The molecular weight excluding hydrogens is 553 g/mol. The Morgan fingerprint density at radius 3 is 1.59 bits per heavy atom. The maximum atomic E-state index is 2.44. The van der Waals surface area contributed by atoms with Crippen LogP contribution in [0.15, 0.2) is 152 Å². The Labute approximate surface area is 269 Å². The van der Waals surface area contributed by atoms with Crippen molar-refractivity contribution >= 4 is 53.9 Å². The number of rotatable bonds is 3. The molecule has 0 atom stereocenters. The monoisotopic (exact) mass is 586 g/mol. The molecule has 0 heteroatoms. The predicted octanol–water partition coefficient (Wildman–Crippen LogP) is 13.2. The molecule has 0 aliphatic carbocycles. The van der Waals surface area contributed by atoms with Crippen molar-refractivity contribution in [2.24, 2.45) is 0 Å². The Bertz CT molecular complexity index is 2560. The molecule has 0 radical (unpaired) electrons. The second kappa shape index (κ2) is 10.0. The molecule has 0 nitrogen and oxygen atoms in total. The van der Waals surface area contributed by atoms with Gasteiger partial charge in [0.15, 0.2) is 0 Å². The highest BCUT2D eigenvalue weighted by Crippen LogP contribution is 2.48. The van der Waals surface area contributed by atoms with Gasteiger partial charge in [0.25, 0.3) is 0 Å². The summed E-state index contributed by atoms with van der Waals surface area (Å²) in [7, 11) is 0. The first kappa shape index (κ1) is 26.9. The van der Waals surface area contributed by atoms with E-state index in [4.69, 9.17) is 0 Å². The maximum Gasteiger partial charge on any atom is -0.00204 e. The van der Waals surface area contributed by atoms with Gasteiger partial charge in [-0.1, -0.05) is 166 Å². The summed E-state index contributed by atoms with van der Waals surface area (Å²) in [6.45, 7) is 7.06. The Kier molecular flexibility index (Phi) is 5.86. The minimum atomic E-state index is -0.0468. The number of fused-ring (bicyclic) bond motifs is 2. The molecule has 0 aliphatic heterocycles. The van der Waals surface area contributed by atoms with E-state index in [9.17, 15) is 0 Å². The van der Waals surface area contributed by atoms with Crippen LogP contribution < -0.4 is 0 Å². The van der Waals surface area contributed by atoms with Gasteiger partial charge in [-0.15, -0.1) is 0 Å². The van der Waals surface area contributed by atoms with Gasteiger partial charge in [-0.05, 0) is 104 Å². The van der Waals surface area contributed by atoms with Crippen LogP contribution in [0.4, 0.5) is 0 Å². The molecule has 0 spiro atoms. The molecule has 0 saturated heterocycles. The third kappa shape index (κ3) is 4.07. The molecule has 0 unspecified atom stereocenters. The van der Waals surface area contributed by atoms with Gasteiger partial charge < -0.3 is 0 Å². The lowest BCUT2D eigenvalue weighted by atomic mass is 9.77. The average Bonchev–Trinajstić information content (AvgIpc) is 3.09. The van der Waals surface area contributed by atoms with Crippen LogP contribution in [-0.4, -0.2) is 0 Å². The normalized spacial score (nSPS) is 12.2. The molecule has 0 N–H and O–H groups in total. The Morgan fingerprint density at radius 1 is 0.348 bits per heavy atom. The molecule has 0 aromatic heterocycles. The van der Waals surface area contributed by atoms with E-state index in [-0.39, 0.29) is 5.41 Å². The third-order valence-electron chi connectivity index (χ3n) is 9.90. The van der Waals surface area contributed by atoms with E-state index in [2.05, 4.69) is 172 Å². The molecule has 0 heterocycles. The van der Waals surface area contributed by atoms with E-state index < -0.39 is 0 Å². The van der Waals surface area contributed by atoms with E-state index >= 15 is 0 Å². The van der Waals surface area contributed by atoms with E-state index in [0.29, 0.717) is 0 Å². The largest absolute Gasteiger partial charge is 0.0622 e. The molecule has 9 aromatic rings. The van der Waals surface area contributed by atoms with Gasteiger partial charge in [-0.2, -0.15) is 0 Å². The summed E-state index contributed by atoms with van der Waals surface area (Å²) < 4.78 is 0. The lowest BCUT2D eigenvalue weighted by Crippen LogP contribution is -2.13. The second-order valence-electron chi connectivity index (χ2n) is 13.7. The minimum absolute atomic E-state index is 0.0468. The highest BCUT2D eigenvalue weighted by Gasteiger charge is 2.25. The summed E-state index contributed by atoms with van der Waals surface area (Å²) >= 11 is 0. The smallest absolute Gasteiger partial charge is 0.00204 e. The van der Waals surface area contributed by atoms with Crippen LogP contribution in [0.3, 0.4) is 0 Å². The predicted molar refractivity (Wildman–Crippen MR) is 200 cm³/mol. The van der Waals surface area contributed by atoms with Crippen molar-refractivity contribution in [2.45, 2.75) is 26.2 Å². The van der Waals surface area contributed by atoms with Crippen molar-refractivity contribution in [1.82, 2.24) is 0 Å². The van der Waals surface area contributed by atoms with Gasteiger partial charge >= 0.3 is 0 Å². The molecule has 0 bridgehead atoms. The first-order valence-corrected chi connectivity index (χ1v) is 16.3. The highest BCUT2D eigenvalue weighted by atomic mass is 14.3. The number of hydrogen-bond acceptors (Lipinski definition) is 0. The van der Waals surface area contributed by atoms with Crippen LogP contribution in [0.5, 0.6) is 0 Å². The standard InChI is InChI=1S/C46H34/c1-46(2,3)45-40-15-8-7-14-36(40)44(38-26-23-34-21-20-32-12-9-13-33-22-25-37(38)43(34)42(32)33)39-27-24-35(28-41(39)45)31-18-16-30(17-19-31)29-10-5-4-6-11-29/h4-28H,1-3H3. The Balaban J connectivity index is 1.35. The molecular formula is C46H34. The second-order valence-corrected chi connectivity index (χ2v) is 13.7. The zero-order valence-electron chi connectivity index (χ0n) is 26.4. The molecule has 218 valence electrons. The molecule has 0 aliphatic rings. The number of hydrogen-bond donors (Lipinski definition) is 0. The molecule has 0 saturated carbocycles.